The van der Waals surface area contributed by atoms with Gasteiger partial charge in [-0.3, -0.25) is 19.0 Å². The molecule has 0 spiro atoms. The lowest BCUT2D eigenvalue weighted by Gasteiger charge is -2.19. The SMILES string of the molecule is CNC(=O)/C=C/CCC(OC(=O)N(C)C)C(=O)Nc1cncn(Cc2cc3cc(F)cc(CCC(F)(F)F)c3n2C(=O)O)c1=O. The average Bonchev–Trinajstić information content (AvgIpc) is 3.32. The smallest absolute Gasteiger partial charge is 0.416 e. The summed E-state index contributed by atoms with van der Waals surface area (Å²) in [6.45, 7) is -0.472. The van der Waals surface area contributed by atoms with Crippen LogP contribution in [-0.4, -0.2) is 81.5 Å². The number of nitrogens with zero attached hydrogens (tertiary/aromatic N) is 4. The van der Waals surface area contributed by atoms with Gasteiger partial charge >= 0.3 is 18.4 Å². The zero-order valence-corrected chi connectivity index (χ0v) is 24.4. The van der Waals surface area contributed by atoms with E-state index in [1.54, 1.807) is 0 Å². The van der Waals surface area contributed by atoms with E-state index < -0.39 is 61.1 Å². The van der Waals surface area contributed by atoms with Gasteiger partial charge in [0.05, 0.1) is 30.3 Å². The van der Waals surface area contributed by atoms with E-state index in [4.69, 9.17) is 4.74 Å². The number of rotatable bonds is 11. The second kappa shape index (κ2) is 14.5. The molecule has 13 nitrogen and oxygen atoms in total. The van der Waals surface area contributed by atoms with Crippen molar-refractivity contribution in [1.29, 1.82) is 0 Å². The maximum absolute atomic E-state index is 14.3. The second-order valence-electron chi connectivity index (χ2n) is 9.96. The van der Waals surface area contributed by atoms with Crippen LogP contribution in [0.4, 0.5) is 32.8 Å². The Balaban J connectivity index is 1.92. The van der Waals surface area contributed by atoms with Gasteiger partial charge in [-0.25, -0.2) is 23.5 Å². The van der Waals surface area contributed by atoms with Gasteiger partial charge in [-0.2, -0.15) is 13.2 Å². The highest BCUT2D eigenvalue weighted by Gasteiger charge is 2.29. The molecule has 3 aromatic rings. The Labute approximate surface area is 253 Å². The molecular weight excluding hydrogens is 608 g/mol. The van der Waals surface area contributed by atoms with Gasteiger partial charge < -0.3 is 25.4 Å². The van der Waals surface area contributed by atoms with Crippen LogP contribution in [0, 0.1) is 5.82 Å². The molecule has 0 saturated heterocycles. The molecule has 0 radical (unpaired) electrons. The van der Waals surface area contributed by atoms with Gasteiger partial charge in [0.1, 0.15) is 11.5 Å². The van der Waals surface area contributed by atoms with Crippen molar-refractivity contribution in [2.75, 3.05) is 26.5 Å². The minimum atomic E-state index is -4.57. The molecule has 0 fully saturated rings. The third-order valence-electron chi connectivity index (χ3n) is 6.39. The molecule has 0 bridgehead atoms. The molecule has 2 heterocycles. The van der Waals surface area contributed by atoms with E-state index >= 15 is 0 Å². The number of hydrogen-bond acceptors (Lipinski definition) is 7. The molecule has 2 aromatic heterocycles. The van der Waals surface area contributed by atoms with Crippen LogP contribution in [0.25, 0.3) is 10.9 Å². The number of halogens is 4. The Hall–Kier alpha value is -5.22. The molecule has 242 valence electrons. The Kier molecular flexibility index (Phi) is 11.0. The Bertz CT molecular complexity index is 1680. The fraction of sp³-hybridized carbons (Fsp3) is 0.357. The number of hydrogen-bond donors (Lipinski definition) is 3. The molecule has 0 aliphatic heterocycles. The minimum Gasteiger partial charge on any atom is -0.464 e. The molecule has 1 aromatic carbocycles. The topological polar surface area (TPSA) is 165 Å². The van der Waals surface area contributed by atoms with E-state index in [1.165, 1.54) is 39.4 Å². The lowest BCUT2D eigenvalue weighted by Crippen LogP contribution is -2.37. The van der Waals surface area contributed by atoms with Crippen LogP contribution in [0.5, 0.6) is 0 Å². The summed E-state index contributed by atoms with van der Waals surface area (Å²) in [7, 11) is 4.22. The van der Waals surface area contributed by atoms with Gasteiger partial charge in [-0.15, -0.1) is 0 Å². The van der Waals surface area contributed by atoms with Crippen molar-refractivity contribution in [1.82, 2.24) is 24.3 Å². The number of allylic oxidation sites excluding steroid dienone is 1. The largest absolute Gasteiger partial charge is 0.464 e. The number of carbonyl (C=O) groups is 4. The number of fused-ring (bicyclic) bond motifs is 1. The standard InChI is InChI=1S/C28H30F4N6O7/c1-33-22(39)7-5-4-6-21(45-27(44)36(2)3)24(40)35-20-13-34-15-37(25(20)41)14-19-12-17-11-18(29)10-16(8-9-28(30,31)32)23(17)38(19)26(42)43/h5,7,10-13,15,21H,4,6,8-9,14H2,1-3H3,(H,33,39)(H,35,40)(H,42,43)/b7-5+. The fourth-order valence-corrected chi connectivity index (χ4v) is 4.28. The number of alkyl halides is 3. The zero-order chi connectivity index (χ0) is 33.5. The summed E-state index contributed by atoms with van der Waals surface area (Å²) in [5.41, 5.74) is -1.65. The van der Waals surface area contributed by atoms with Gasteiger partial charge in [0.25, 0.3) is 11.5 Å². The van der Waals surface area contributed by atoms with Crippen molar-refractivity contribution < 1.29 is 46.6 Å². The van der Waals surface area contributed by atoms with E-state index in [-0.39, 0.29) is 46.6 Å². The first-order chi connectivity index (χ1) is 21.1. The third kappa shape index (κ3) is 9.14. The molecule has 45 heavy (non-hydrogen) atoms. The van der Waals surface area contributed by atoms with E-state index in [0.717, 1.165) is 34.1 Å². The number of amides is 3. The van der Waals surface area contributed by atoms with Crippen molar-refractivity contribution in [3.05, 3.63) is 70.3 Å². The van der Waals surface area contributed by atoms with Crippen LogP contribution in [0.1, 0.15) is 30.5 Å². The number of nitrogens with one attached hydrogen (secondary N) is 2. The molecule has 1 unspecified atom stereocenters. The molecule has 0 saturated carbocycles. The maximum atomic E-state index is 14.3. The molecule has 17 heteroatoms. The number of carbonyl (C=O) groups excluding carboxylic acids is 3. The molecule has 3 amide bonds. The third-order valence-corrected chi connectivity index (χ3v) is 6.39. The van der Waals surface area contributed by atoms with Gasteiger partial charge in [0.15, 0.2) is 6.10 Å². The van der Waals surface area contributed by atoms with Gasteiger partial charge in [-0.05, 0) is 49.1 Å². The predicted octanol–water partition coefficient (Wildman–Crippen LogP) is 3.49. The Morgan fingerprint density at radius 3 is 2.51 bits per heavy atom. The number of aromatic nitrogens is 3. The fourth-order valence-electron chi connectivity index (χ4n) is 4.28. The summed E-state index contributed by atoms with van der Waals surface area (Å²) < 4.78 is 59.8. The molecule has 1 atom stereocenters. The normalized spacial score (nSPS) is 12.2. The summed E-state index contributed by atoms with van der Waals surface area (Å²) in [6, 6.07) is 3.02. The van der Waals surface area contributed by atoms with Crippen molar-refractivity contribution in [3.8, 4) is 0 Å². The number of ether oxygens (including phenoxy) is 1. The Morgan fingerprint density at radius 1 is 1.18 bits per heavy atom. The van der Waals surface area contributed by atoms with Gasteiger partial charge in [0.2, 0.25) is 5.91 Å². The van der Waals surface area contributed by atoms with Crippen molar-refractivity contribution in [2.24, 2.45) is 0 Å². The van der Waals surface area contributed by atoms with Crippen LogP contribution in [0.3, 0.4) is 0 Å². The zero-order valence-electron chi connectivity index (χ0n) is 24.4. The highest BCUT2D eigenvalue weighted by atomic mass is 19.4. The summed E-state index contributed by atoms with van der Waals surface area (Å²) in [6.07, 6.45) is -5.54. The van der Waals surface area contributed by atoms with Gasteiger partial charge in [0, 0.05) is 33.0 Å². The molecule has 3 N–H and O–H groups in total. The number of anilines is 1. The lowest BCUT2D eigenvalue weighted by atomic mass is 10.1. The van der Waals surface area contributed by atoms with Crippen LogP contribution in [0.2, 0.25) is 0 Å². The maximum Gasteiger partial charge on any atom is 0.416 e. The molecule has 0 aliphatic rings. The monoisotopic (exact) mass is 638 g/mol. The van der Waals surface area contributed by atoms with Crippen LogP contribution in [-0.2, 0) is 27.3 Å². The van der Waals surface area contributed by atoms with E-state index in [1.807, 2.05) is 0 Å². The number of carboxylic acid groups (broad SMARTS) is 1. The van der Waals surface area contributed by atoms with E-state index in [2.05, 4.69) is 15.6 Å². The number of benzene rings is 1. The average molecular weight is 639 g/mol. The first kappa shape index (κ1) is 34.3. The van der Waals surface area contributed by atoms with E-state index in [9.17, 15) is 46.6 Å². The summed E-state index contributed by atoms with van der Waals surface area (Å²) in [5, 5.41) is 14.6. The van der Waals surface area contributed by atoms with Crippen molar-refractivity contribution in [3.63, 3.8) is 0 Å². The molecular formula is C28H30F4N6O7. The summed E-state index contributed by atoms with van der Waals surface area (Å²) in [5.74, 6) is -2.15. The quantitative estimate of drug-likeness (QED) is 0.212. The summed E-state index contributed by atoms with van der Waals surface area (Å²) >= 11 is 0. The molecule has 3 rings (SSSR count). The van der Waals surface area contributed by atoms with Crippen molar-refractivity contribution in [2.45, 2.75) is 44.5 Å². The number of aryl methyl sites for hydroxylation is 1. The predicted molar refractivity (Wildman–Crippen MR) is 152 cm³/mol. The van der Waals surface area contributed by atoms with Gasteiger partial charge in [-0.1, -0.05) is 6.08 Å². The summed E-state index contributed by atoms with van der Waals surface area (Å²) in [4.78, 5) is 67.1. The lowest BCUT2D eigenvalue weighted by molar-refractivity contribution is -0.134. The highest BCUT2D eigenvalue weighted by Crippen LogP contribution is 2.29. The van der Waals surface area contributed by atoms with Crippen LogP contribution >= 0.6 is 0 Å². The van der Waals surface area contributed by atoms with Crippen molar-refractivity contribution >= 4 is 40.6 Å². The van der Waals surface area contributed by atoms with E-state index in [0.29, 0.717) is 4.57 Å². The highest BCUT2D eigenvalue weighted by molar-refractivity contribution is 5.95. The first-order valence-corrected chi connectivity index (χ1v) is 13.4. The Morgan fingerprint density at radius 2 is 1.89 bits per heavy atom. The van der Waals surface area contributed by atoms with Crippen LogP contribution in [0.15, 0.2) is 47.7 Å². The second-order valence-corrected chi connectivity index (χ2v) is 9.96. The first-order valence-electron chi connectivity index (χ1n) is 13.4. The molecule has 0 aliphatic carbocycles. The number of likely N-dealkylation sites (N-methyl/N-ethyl adjacent to an activating group) is 1. The van der Waals surface area contributed by atoms with Crippen LogP contribution < -0.4 is 16.2 Å². The minimum absolute atomic E-state index is 0.00561.